The minimum atomic E-state index is -3.61. The van der Waals surface area contributed by atoms with Crippen molar-refractivity contribution in [1.29, 1.82) is 0 Å². The van der Waals surface area contributed by atoms with E-state index in [-0.39, 0.29) is 15.3 Å². The Morgan fingerprint density at radius 3 is 2.55 bits per heavy atom. The minimum absolute atomic E-state index is 0.0166. The van der Waals surface area contributed by atoms with Gasteiger partial charge in [-0.05, 0) is 49.5 Å². The Kier molecular flexibility index (Phi) is 4.97. The van der Waals surface area contributed by atoms with Gasteiger partial charge in [0.2, 0.25) is 10.0 Å². The fourth-order valence-corrected chi connectivity index (χ4v) is 4.22. The van der Waals surface area contributed by atoms with E-state index >= 15 is 0 Å². The number of benzene rings is 1. The molecule has 20 heavy (non-hydrogen) atoms. The molecule has 1 heterocycles. The summed E-state index contributed by atoms with van der Waals surface area (Å²) in [6.07, 6.45) is 1.90. The van der Waals surface area contributed by atoms with E-state index in [4.69, 9.17) is 23.2 Å². The number of hydrogen-bond acceptors (Lipinski definition) is 3. The van der Waals surface area contributed by atoms with Crippen LogP contribution in [0.4, 0.5) is 0 Å². The highest BCUT2D eigenvalue weighted by molar-refractivity contribution is 7.89. The highest BCUT2D eigenvalue weighted by Gasteiger charge is 2.29. The van der Waals surface area contributed by atoms with Gasteiger partial charge < -0.3 is 5.32 Å². The summed E-state index contributed by atoms with van der Waals surface area (Å²) in [5.41, 5.74) is -0.0166. The SMILES string of the molecule is CC1(CNS(=O)(=O)c2ccc(Cl)cc2Cl)CCNCC1. The molecule has 0 spiro atoms. The van der Waals surface area contributed by atoms with Crippen molar-refractivity contribution in [2.45, 2.75) is 24.7 Å². The van der Waals surface area contributed by atoms with Crippen molar-refractivity contribution in [1.82, 2.24) is 10.0 Å². The molecule has 0 radical (unpaired) electrons. The van der Waals surface area contributed by atoms with Gasteiger partial charge in [0.15, 0.2) is 0 Å². The van der Waals surface area contributed by atoms with Gasteiger partial charge in [-0.15, -0.1) is 0 Å². The van der Waals surface area contributed by atoms with E-state index in [9.17, 15) is 8.42 Å². The molecule has 2 rings (SSSR count). The van der Waals surface area contributed by atoms with Crippen LogP contribution in [-0.2, 0) is 10.0 Å². The fourth-order valence-electron chi connectivity index (χ4n) is 2.25. The van der Waals surface area contributed by atoms with Gasteiger partial charge in [-0.25, -0.2) is 13.1 Å². The summed E-state index contributed by atoms with van der Waals surface area (Å²) >= 11 is 11.7. The van der Waals surface area contributed by atoms with Gasteiger partial charge in [-0.1, -0.05) is 30.1 Å². The number of sulfonamides is 1. The fraction of sp³-hybridized carbons (Fsp3) is 0.538. The smallest absolute Gasteiger partial charge is 0.242 e. The van der Waals surface area contributed by atoms with Crippen molar-refractivity contribution in [3.05, 3.63) is 28.2 Å². The molecule has 0 saturated carbocycles. The number of rotatable bonds is 4. The third-order valence-electron chi connectivity index (χ3n) is 3.68. The molecule has 0 atom stereocenters. The molecule has 7 heteroatoms. The van der Waals surface area contributed by atoms with Gasteiger partial charge >= 0.3 is 0 Å². The average Bonchev–Trinajstić information content (AvgIpc) is 2.37. The Morgan fingerprint density at radius 1 is 1.30 bits per heavy atom. The first kappa shape index (κ1) is 16.0. The third-order valence-corrected chi connectivity index (χ3v) is 5.80. The first-order chi connectivity index (χ1) is 9.32. The highest BCUT2D eigenvalue weighted by atomic mass is 35.5. The van der Waals surface area contributed by atoms with Crippen molar-refractivity contribution in [3.8, 4) is 0 Å². The number of piperidine rings is 1. The summed E-state index contributed by atoms with van der Waals surface area (Å²) in [5, 5.41) is 3.83. The maximum atomic E-state index is 12.3. The van der Waals surface area contributed by atoms with Crippen LogP contribution in [0.25, 0.3) is 0 Å². The summed E-state index contributed by atoms with van der Waals surface area (Å²) in [6.45, 7) is 4.34. The molecule has 0 unspecified atom stereocenters. The zero-order chi connectivity index (χ0) is 14.8. The van der Waals surface area contributed by atoms with Crippen LogP contribution in [0, 0.1) is 5.41 Å². The van der Waals surface area contributed by atoms with Crippen LogP contribution in [-0.4, -0.2) is 28.1 Å². The normalized spacial score (nSPS) is 18.9. The van der Waals surface area contributed by atoms with Crippen LogP contribution >= 0.6 is 23.2 Å². The number of hydrogen-bond donors (Lipinski definition) is 2. The number of halogens is 2. The summed E-state index contributed by atoms with van der Waals surface area (Å²) in [7, 11) is -3.61. The van der Waals surface area contributed by atoms with Crippen molar-refractivity contribution in [2.24, 2.45) is 5.41 Å². The van der Waals surface area contributed by atoms with E-state index < -0.39 is 10.0 Å². The minimum Gasteiger partial charge on any atom is -0.317 e. The van der Waals surface area contributed by atoms with Crippen LogP contribution < -0.4 is 10.0 Å². The maximum absolute atomic E-state index is 12.3. The second-order valence-corrected chi connectivity index (χ2v) is 8.04. The first-order valence-electron chi connectivity index (χ1n) is 6.48. The largest absolute Gasteiger partial charge is 0.317 e. The lowest BCUT2D eigenvalue weighted by Gasteiger charge is -2.34. The Hall–Kier alpha value is -0.330. The second kappa shape index (κ2) is 6.20. The maximum Gasteiger partial charge on any atom is 0.242 e. The van der Waals surface area contributed by atoms with Crippen molar-refractivity contribution >= 4 is 33.2 Å². The van der Waals surface area contributed by atoms with Gasteiger partial charge in [0.1, 0.15) is 4.90 Å². The standard InChI is InChI=1S/C13H18Cl2N2O2S/c1-13(4-6-16-7-5-13)9-17-20(18,19)12-3-2-10(14)8-11(12)15/h2-3,8,16-17H,4-7,9H2,1H3. The van der Waals surface area contributed by atoms with E-state index in [1.54, 1.807) is 0 Å². The second-order valence-electron chi connectivity index (χ2n) is 5.46. The molecule has 2 N–H and O–H groups in total. The van der Waals surface area contributed by atoms with E-state index in [2.05, 4.69) is 17.0 Å². The molecule has 1 aliphatic rings. The van der Waals surface area contributed by atoms with Crippen LogP contribution in [0.2, 0.25) is 10.0 Å². The molecular weight excluding hydrogens is 319 g/mol. The van der Waals surface area contributed by atoms with Crippen LogP contribution in [0.3, 0.4) is 0 Å². The summed E-state index contributed by atoms with van der Waals surface area (Å²) in [5.74, 6) is 0. The zero-order valence-corrected chi connectivity index (χ0v) is 13.6. The molecule has 0 amide bonds. The van der Waals surface area contributed by atoms with Crippen molar-refractivity contribution < 1.29 is 8.42 Å². The average molecular weight is 337 g/mol. The Balaban J connectivity index is 2.11. The quantitative estimate of drug-likeness (QED) is 0.888. The highest BCUT2D eigenvalue weighted by Crippen LogP contribution is 2.29. The number of nitrogens with one attached hydrogen (secondary N) is 2. The molecule has 1 aromatic rings. The van der Waals surface area contributed by atoms with E-state index in [1.165, 1.54) is 18.2 Å². The van der Waals surface area contributed by atoms with Gasteiger partial charge in [-0.2, -0.15) is 0 Å². The van der Waals surface area contributed by atoms with Crippen LogP contribution in [0.1, 0.15) is 19.8 Å². The lowest BCUT2D eigenvalue weighted by atomic mass is 9.81. The first-order valence-corrected chi connectivity index (χ1v) is 8.72. The van der Waals surface area contributed by atoms with Gasteiger partial charge in [0, 0.05) is 11.6 Å². The zero-order valence-electron chi connectivity index (χ0n) is 11.2. The van der Waals surface area contributed by atoms with E-state index in [1.807, 2.05) is 0 Å². The molecule has 1 saturated heterocycles. The van der Waals surface area contributed by atoms with Gasteiger partial charge in [0.05, 0.1) is 5.02 Å². The predicted octanol–water partition coefficient (Wildman–Crippen LogP) is 2.66. The molecule has 0 aliphatic carbocycles. The van der Waals surface area contributed by atoms with Crippen LogP contribution in [0.15, 0.2) is 23.1 Å². The summed E-state index contributed by atoms with van der Waals surface area (Å²) in [6, 6.07) is 4.38. The Bertz CT molecular complexity index is 584. The van der Waals surface area contributed by atoms with Crippen molar-refractivity contribution in [2.75, 3.05) is 19.6 Å². The molecule has 1 aliphatic heterocycles. The molecule has 0 bridgehead atoms. The molecule has 1 aromatic carbocycles. The molecule has 0 aromatic heterocycles. The van der Waals surface area contributed by atoms with Crippen molar-refractivity contribution in [3.63, 3.8) is 0 Å². The van der Waals surface area contributed by atoms with Crippen LogP contribution in [0.5, 0.6) is 0 Å². The van der Waals surface area contributed by atoms with E-state index in [0.29, 0.717) is 11.6 Å². The monoisotopic (exact) mass is 336 g/mol. The topological polar surface area (TPSA) is 58.2 Å². The molecule has 112 valence electrons. The lowest BCUT2D eigenvalue weighted by molar-refractivity contribution is 0.232. The molecule has 1 fully saturated rings. The molecular formula is C13H18Cl2N2O2S. The third kappa shape index (κ3) is 3.86. The summed E-state index contributed by atoms with van der Waals surface area (Å²) in [4.78, 5) is 0.0705. The van der Waals surface area contributed by atoms with Gasteiger partial charge in [0.25, 0.3) is 0 Å². The predicted molar refractivity (Wildman–Crippen MR) is 81.9 cm³/mol. The Labute approximate surface area is 129 Å². The summed E-state index contributed by atoms with van der Waals surface area (Å²) < 4.78 is 27.3. The Morgan fingerprint density at radius 2 is 1.95 bits per heavy atom. The molecule has 4 nitrogen and oxygen atoms in total. The van der Waals surface area contributed by atoms with E-state index in [0.717, 1.165) is 25.9 Å². The lowest BCUT2D eigenvalue weighted by Crippen LogP contribution is -2.42. The van der Waals surface area contributed by atoms with Gasteiger partial charge in [-0.3, -0.25) is 0 Å².